The van der Waals surface area contributed by atoms with E-state index in [0.29, 0.717) is 18.7 Å². The zero-order chi connectivity index (χ0) is 18.2. The first-order valence-corrected chi connectivity index (χ1v) is 10.2. The molecule has 24 heavy (non-hydrogen) atoms. The Morgan fingerprint density at radius 3 is 2.17 bits per heavy atom. The minimum atomic E-state index is -3.48. The molecule has 0 aliphatic rings. The minimum Gasteiger partial charge on any atom is -0.350 e. The number of carbonyl (C=O) groups is 1. The number of hydrogen-bond acceptors (Lipinski definition) is 3. The van der Waals surface area contributed by atoms with Crippen LogP contribution in [0.1, 0.15) is 63.7 Å². The van der Waals surface area contributed by atoms with Crippen molar-refractivity contribution >= 4 is 15.9 Å². The third-order valence-corrected chi connectivity index (χ3v) is 6.14. The Labute approximate surface area is 146 Å². The van der Waals surface area contributed by atoms with Gasteiger partial charge in [0.25, 0.3) is 5.91 Å². The van der Waals surface area contributed by atoms with E-state index in [9.17, 15) is 13.2 Å². The Morgan fingerprint density at radius 1 is 1.08 bits per heavy atom. The van der Waals surface area contributed by atoms with Gasteiger partial charge in [0.2, 0.25) is 10.0 Å². The fourth-order valence-electron chi connectivity index (χ4n) is 2.57. The van der Waals surface area contributed by atoms with Gasteiger partial charge >= 0.3 is 0 Å². The first-order chi connectivity index (χ1) is 11.4. The average Bonchev–Trinajstić information content (AvgIpc) is 2.56. The lowest BCUT2D eigenvalue weighted by atomic mass is 10.1. The lowest BCUT2D eigenvalue weighted by Crippen LogP contribution is -2.32. The standard InChI is InChI=1S/C18H30N2O3S/c1-5-8-9-10-15(4)19-18(21)16-11-13-17(14-12-16)24(22,23)20(6-2)7-3/h11-15H,5-10H2,1-4H3,(H,19,21)/t15-/m1/s1. The van der Waals surface area contributed by atoms with Crippen LogP contribution in [0.5, 0.6) is 0 Å². The Balaban J connectivity index is 2.75. The molecule has 0 bridgehead atoms. The van der Waals surface area contributed by atoms with E-state index in [1.54, 1.807) is 12.1 Å². The van der Waals surface area contributed by atoms with Crippen molar-refractivity contribution in [3.05, 3.63) is 29.8 Å². The summed E-state index contributed by atoms with van der Waals surface area (Å²) in [5.74, 6) is -0.161. The second kappa shape index (κ2) is 9.79. The summed E-state index contributed by atoms with van der Waals surface area (Å²) in [4.78, 5) is 12.4. The predicted molar refractivity (Wildman–Crippen MR) is 97.6 cm³/mol. The maximum Gasteiger partial charge on any atom is 0.251 e. The monoisotopic (exact) mass is 354 g/mol. The smallest absolute Gasteiger partial charge is 0.251 e. The summed E-state index contributed by atoms with van der Waals surface area (Å²) in [7, 11) is -3.48. The molecule has 0 spiro atoms. The maximum atomic E-state index is 12.4. The van der Waals surface area contributed by atoms with Gasteiger partial charge in [0, 0.05) is 24.7 Å². The molecule has 5 nitrogen and oxygen atoms in total. The summed E-state index contributed by atoms with van der Waals surface area (Å²) < 4.78 is 26.3. The summed E-state index contributed by atoms with van der Waals surface area (Å²) in [5, 5.41) is 2.96. The highest BCUT2D eigenvalue weighted by molar-refractivity contribution is 7.89. The number of hydrogen-bond donors (Lipinski definition) is 1. The molecule has 1 amide bonds. The van der Waals surface area contributed by atoms with Gasteiger partial charge < -0.3 is 5.32 Å². The molecule has 6 heteroatoms. The SMILES string of the molecule is CCCCC[C@@H](C)NC(=O)c1ccc(S(=O)(=O)N(CC)CC)cc1. The van der Waals surface area contributed by atoms with E-state index in [0.717, 1.165) is 25.7 Å². The molecule has 0 aromatic heterocycles. The van der Waals surface area contributed by atoms with Crippen molar-refractivity contribution in [3.8, 4) is 0 Å². The van der Waals surface area contributed by atoms with Crippen LogP contribution in [0.4, 0.5) is 0 Å². The van der Waals surface area contributed by atoms with E-state index in [1.807, 2.05) is 20.8 Å². The number of nitrogens with zero attached hydrogens (tertiary/aromatic N) is 1. The Morgan fingerprint density at radius 2 is 1.67 bits per heavy atom. The first-order valence-electron chi connectivity index (χ1n) is 8.77. The molecule has 0 heterocycles. The van der Waals surface area contributed by atoms with Crippen LogP contribution in [0.25, 0.3) is 0 Å². The van der Waals surface area contributed by atoms with Crippen molar-refractivity contribution < 1.29 is 13.2 Å². The predicted octanol–water partition coefficient (Wildman–Crippen LogP) is 3.42. The summed E-state index contributed by atoms with van der Waals surface area (Å²) >= 11 is 0. The van der Waals surface area contributed by atoms with Crippen LogP contribution < -0.4 is 5.32 Å². The molecule has 1 atom stereocenters. The van der Waals surface area contributed by atoms with Crippen molar-refractivity contribution in [2.45, 2.75) is 64.3 Å². The van der Waals surface area contributed by atoms with Gasteiger partial charge in [-0.15, -0.1) is 0 Å². The number of sulfonamides is 1. The first kappa shape index (κ1) is 20.6. The van der Waals surface area contributed by atoms with Gasteiger partial charge in [0.05, 0.1) is 4.90 Å². The van der Waals surface area contributed by atoms with Crippen molar-refractivity contribution in [2.24, 2.45) is 0 Å². The van der Waals surface area contributed by atoms with E-state index in [2.05, 4.69) is 12.2 Å². The topological polar surface area (TPSA) is 66.5 Å². The average molecular weight is 355 g/mol. The van der Waals surface area contributed by atoms with Gasteiger partial charge in [-0.25, -0.2) is 8.42 Å². The molecule has 1 aromatic rings. The third kappa shape index (κ3) is 5.60. The van der Waals surface area contributed by atoms with E-state index in [1.165, 1.54) is 16.4 Å². The van der Waals surface area contributed by atoms with Gasteiger partial charge in [-0.3, -0.25) is 4.79 Å². The van der Waals surface area contributed by atoms with Crippen molar-refractivity contribution in [1.29, 1.82) is 0 Å². The number of nitrogens with one attached hydrogen (secondary N) is 1. The molecule has 1 rings (SSSR count). The van der Waals surface area contributed by atoms with Crippen molar-refractivity contribution in [3.63, 3.8) is 0 Å². The number of amides is 1. The summed E-state index contributed by atoms with van der Waals surface area (Å²) in [5.41, 5.74) is 0.482. The highest BCUT2D eigenvalue weighted by Gasteiger charge is 2.21. The molecule has 0 aliphatic carbocycles. The zero-order valence-electron chi connectivity index (χ0n) is 15.2. The van der Waals surface area contributed by atoms with Crippen LogP contribution in [-0.4, -0.2) is 37.8 Å². The molecule has 136 valence electrons. The zero-order valence-corrected chi connectivity index (χ0v) is 16.0. The van der Waals surface area contributed by atoms with Gasteiger partial charge in [0.15, 0.2) is 0 Å². The van der Waals surface area contributed by atoms with Crippen LogP contribution in [-0.2, 0) is 10.0 Å². The Bertz CT molecular complexity index is 608. The number of rotatable bonds is 10. The lowest BCUT2D eigenvalue weighted by Gasteiger charge is -2.18. The summed E-state index contributed by atoms with van der Waals surface area (Å²) in [6, 6.07) is 6.27. The van der Waals surface area contributed by atoms with E-state index < -0.39 is 10.0 Å². The fraction of sp³-hybridized carbons (Fsp3) is 0.611. The quantitative estimate of drug-likeness (QED) is 0.655. The normalized spacial score (nSPS) is 13.0. The van der Waals surface area contributed by atoms with E-state index in [4.69, 9.17) is 0 Å². The summed E-state index contributed by atoms with van der Waals surface area (Å²) in [6.45, 7) is 8.61. The van der Waals surface area contributed by atoms with E-state index in [-0.39, 0.29) is 16.8 Å². The van der Waals surface area contributed by atoms with Crippen LogP contribution >= 0.6 is 0 Å². The number of carbonyl (C=O) groups excluding carboxylic acids is 1. The molecule has 1 N–H and O–H groups in total. The minimum absolute atomic E-state index is 0.114. The van der Waals surface area contributed by atoms with Crippen molar-refractivity contribution in [1.82, 2.24) is 9.62 Å². The second-order valence-electron chi connectivity index (χ2n) is 5.98. The van der Waals surface area contributed by atoms with Crippen LogP contribution in [0.3, 0.4) is 0 Å². The largest absolute Gasteiger partial charge is 0.350 e. The molecule has 1 aromatic carbocycles. The van der Waals surface area contributed by atoms with Crippen LogP contribution in [0.15, 0.2) is 29.2 Å². The van der Waals surface area contributed by atoms with E-state index >= 15 is 0 Å². The van der Waals surface area contributed by atoms with Crippen molar-refractivity contribution in [2.75, 3.05) is 13.1 Å². The lowest BCUT2D eigenvalue weighted by molar-refractivity contribution is 0.0938. The third-order valence-electron chi connectivity index (χ3n) is 4.08. The molecule has 0 fully saturated rings. The van der Waals surface area contributed by atoms with Crippen LogP contribution in [0.2, 0.25) is 0 Å². The number of unbranched alkanes of at least 4 members (excludes halogenated alkanes) is 2. The highest BCUT2D eigenvalue weighted by Crippen LogP contribution is 2.16. The maximum absolute atomic E-state index is 12.4. The highest BCUT2D eigenvalue weighted by atomic mass is 32.2. The van der Waals surface area contributed by atoms with Gasteiger partial charge in [-0.2, -0.15) is 4.31 Å². The molecule has 0 unspecified atom stereocenters. The number of benzene rings is 1. The molecular formula is C18H30N2O3S. The molecular weight excluding hydrogens is 324 g/mol. The van der Waals surface area contributed by atoms with Gasteiger partial charge in [-0.05, 0) is 37.6 Å². The molecule has 0 aliphatic heterocycles. The second-order valence-corrected chi connectivity index (χ2v) is 7.92. The molecule has 0 saturated heterocycles. The Kier molecular flexibility index (Phi) is 8.42. The van der Waals surface area contributed by atoms with Gasteiger partial charge in [0.1, 0.15) is 0 Å². The fourth-order valence-corrected chi connectivity index (χ4v) is 4.03. The molecule has 0 radical (unpaired) electrons. The van der Waals surface area contributed by atoms with Gasteiger partial charge in [-0.1, -0.05) is 40.0 Å². The van der Waals surface area contributed by atoms with Crippen LogP contribution in [0, 0.1) is 0 Å². The summed E-state index contributed by atoms with van der Waals surface area (Å²) in [6.07, 6.45) is 4.37. The Hall–Kier alpha value is -1.40. The molecule has 0 saturated carbocycles.